The predicted octanol–water partition coefficient (Wildman–Crippen LogP) is 1.01. The molecule has 2 rings (SSSR count). The highest BCUT2D eigenvalue weighted by Crippen LogP contribution is 2.24. The maximum absolute atomic E-state index is 11.3. The van der Waals surface area contributed by atoms with Crippen LogP contribution < -0.4 is 0 Å². The van der Waals surface area contributed by atoms with Crippen LogP contribution in [-0.4, -0.2) is 31.9 Å². The molecule has 0 aromatic rings. The summed E-state index contributed by atoms with van der Waals surface area (Å²) in [5.74, 6) is 0.229. The molecule has 2 aliphatic rings. The number of methoxy groups -OCH3 is 2. The summed E-state index contributed by atoms with van der Waals surface area (Å²) in [4.78, 5) is 15.2. The van der Waals surface area contributed by atoms with Crippen LogP contribution in [0.5, 0.6) is 0 Å². The Kier molecular flexibility index (Phi) is 2.51. The molecule has 0 spiro atoms. The van der Waals surface area contributed by atoms with Gasteiger partial charge in [0.05, 0.1) is 12.8 Å². The lowest BCUT2D eigenvalue weighted by atomic mass is 9.96. The van der Waals surface area contributed by atoms with Crippen LogP contribution in [0.2, 0.25) is 0 Å². The van der Waals surface area contributed by atoms with Gasteiger partial charge in [0.1, 0.15) is 11.9 Å². The molecule has 0 fully saturated rings. The maximum Gasteiger partial charge on any atom is 0.273 e. The van der Waals surface area contributed by atoms with Crippen molar-refractivity contribution in [3.8, 4) is 0 Å². The highest BCUT2D eigenvalue weighted by molar-refractivity contribution is 6.17. The molecule has 1 unspecified atom stereocenters. The molecule has 0 radical (unpaired) electrons. The molecule has 1 heterocycles. The summed E-state index contributed by atoms with van der Waals surface area (Å²) in [6.07, 6.45) is 6.67. The number of carbonyl (C=O) groups excluding carboxylic acids is 1. The number of aliphatic imine (C=N–C) groups is 1. The highest BCUT2D eigenvalue weighted by atomic mass is 16.5. The fraction of sp³-hybridized carbons (Fsp3) is 0.273. The van der Waals surface area contributed by atoms with E-state index in [2.05, 4.69) is 4.99 Å². The van der Waals surface area contributed by atoms with Gasteiger partial charge in [-0.25, -0.2) is 4.99 Å². The number of hydrogen-bond donors (Lipinski definition) is 0. The van der Waals surface area contributed by atoms with Gasteiger partial charge in [-0.2, -0.15) is 0 Å². The number of dihydropyridines is 1. The van der Waals surface area contributed by atoms with Crippen LogP contribution in [0.3, 0.4) is 0 Å². The van der Waals surface area contributed by atoms with Crippen molar-refractivity contribution in [3.63, 3.8) is 0 Å². The van der Waals surface area contributed by atoms with E-state index in [9.17, 15) is 4.79 Å². The average molecular weight is 205 g/mol. The molecule has 1 aliphatic heterocycles. The molecule has 1 amide bonds. The van der Waals surface area contributed by atoms with Gasteiger partial charge in [-0.1, -0.05) is 6.08 Å². The quantitative estimate of drug-likeness (QED) is 0.676. The second-order valence-electron chi connectivity index (χ2n) is 3.17. The zero-order chi connectivity index (χ0) is 10.8. The third-order valence-corrected chi connectivity index (χ3v) is 2.32. The minimum atomic E-state index is -0.309. The topological polar surface area (TPSA) is 47.9 Å². The number of amides is 1. The van der Waals surface area contributed by atoms with Gasteiger partial charge in [0, 0.05) is 18.8 Å². The van der Waals surface area contributed by atoms with Crippen molar-refractivity contribution in [3.05, 3.63) is 35.6 Å². The lowest BCUT2D eigenvalue weighted by Gasteiger charge is -2.23. The van der Waals surface area contributed by atoms with Crippen LogP contribution in [0.25, 0.3) is 0 Å². The first-order valence-corrected chi connectivity index (χ1v) is 4.56. The molecular formula is C11H11NO3. The van der Waals surface area contributed by atoms with Crippen LogP contribution in [0.15, 0.2) is 40.6 Å². The van der Waals surface area contributed by atoms with Crippen molar-refractivity contribution in [1.29, 1.82) is 0 Å². The Balaban J connectivity index is 2.44. The Morgan fingerprint density at radius 3 is 2.87 bits per heavy atom. The SMILES string of the molecule is COC1=CC(=O)N=C2C1=CC=CC2OC. The number of allylic oxidation sites excluding steroid dienone is 3. The molecular weight excluding hydrogens is 194 g/mol. The maximum atomic E-state index is 11.3. The van der Waals surface area contributed by atoms with E-state index >= 15 is 0 Å². The van der Waals surface area contributed by atoms with E-state index < -0.39 is 0 Å². The molecule has 0 saturated carbocycles. The number of ether oxygens (including phenoxy) is 2. The molecule has 4 heteroatoms. The monoisotopic (exact) mass is 205 g/mol. The lowest BCUT2D eigenvalue weighted by molar-refractivity contribution is -0.113. The molecule has 0 N–H and O–H groups in total. The van der Waals surface area contributed by atoms with Crippen molar-refractivity contribution >= 4 is 11.6 Å². The Bertz CT molecular complexity index is 416. The normalized spacial score (nSPS) is 24.0. The first kappa shape index (κ1) is 9.86. The van der Waals surface area contributed by atoms with Gasteiger partial charge in [0.15, 0.2) is 0 Å². The van der Waals surface area contributed by atoms with Crippen LogP contribution in [0.4, 0.5) is 0 Å². The molecule has 15 heavy (non-hydrogen) atoms. The number of hydrogen-bond acceptors (Lipinski definition) is 3. The molecule has 0 aromatic heterocycles. The molecule has 1 aliphatic carbocycles. The predicted molar refractivity (Wildman–Crippen MR) is 55.6 cm³/mol. The van der Waals surface area contributed by atoms with Gasteiger partial charge in [0.25, 0.3) is 5.91 Å². The van der Waals surface area contributed by atoms with Gasteiger partial charge in [-0.3, -0.25) is 4.79 Å². The second-order valence-corrected chi connectivity index (χ2v) is 3.17. The second kappa shape index (κ2) is 3.82. The van der Waals surface area contributed by atoms with Crippen molar-refractivity contribution in [2.75, 3.05) is 14.2 Å². The number of nitrogens with zero attached hydrogens (tertiary/aromatic N) is 1. The van der Waals surface area contributed by atoms with Gasteiger partial charge in [-0.15, -0.1) is 0 Å². The summed E-state index contributed by atoms with van der Waals surface area (Å²) in [5.41, 5.74) is 1.43. The van der Waals surface area contributed by atoms with Crippen LogP contribution in [-0.2, 0) is 14.3 Å². The number of rotatable bonds is 2. The van der Waals surface area contributed by atoms with Crippen molar-refractivity contribution in [2.45, 2.75) is 6.10 Å². The highest BCUT2D eigenvalue weighted by Gasteiger charge is 2.27. The first-order chi connectivity index (χ1) is 7.26. The molecule has 0 bridgehead atoms. The number of fused-ring (bicyclic) bond motifs is 1. The van der Waals surface area contributed by atoms with Gasteiger partial charge >= 0.3 is 0 Å². The summed E-state index contributed by atoms with van der Waals surface area (Å²) in [5, 5.41) is 0. The van der Waals surface area contributed by atoms with Gasteiger partial charge in [-0.05, 0) is 12.2 Å². The van der Waals surface area contributed by atoms with E-state index in [1.165, 1.54) is 13.2 Å². The van der Waals surface area contributed by atoms with Crippen LogP contribution in [0, 0.1) is 0 Å². The first-order valence-electron chi connectivity index (χ1n) is 4.56. The lowest BCUT2D eigenvalue weighted by Crippen LogP contribution is -2.29. The minimum Gasteiger partial charge on any atom is -0.496 e. The Labute approximate surface area is 87.6 Å². The van der Waals surface area contributed by atoms with Crippen molar-refractivity contribution in [1.82, 2.24) is 0 Å². The van der Waals surface area contributed by atoms with Gasteiger partial charge in [0.2, 0.25) is 0 Å². The summed E-state index contributed by atoms with van der Waals surface area (Å²) in [6, 6.07) is 0. The van der Waals surface area contributed by atoms with Crippen LogP contribution >= 0.6 is 0 Å². The fourth-order valence-electron chi connectivity index (χ4n) is 1.61. The Hall–Kier alpha value is -1.68. The zero-order valence-corrected chi connectivity index (χ0v) is 8.56. The summed E-state index contributed by atoms with van der Waals surface area (Å²) < 4.78 is 10.3. The van der Waals surface area contributed by atoms with E-state index in [-0.39, 0.29) is 12.0 Å². The largest absolute Gasteiger partial charge is 0.496 e. The smallest absolute Gasteiger partial charge is 0.273 e. The Morgan fingerprint density at radius 2 is 2.20 bits per heavy atom. The standard InChI is InChI=1S/C11H11NO3/c1-14-8-5-3-4-7-9(15-2)6-10(13)12-11(7)8/h3-6,8H,1-2H3. The average Bonchev–Trinajstić information content (AvgIpc) is 2.27. The fourth-order valence-corrected chi connectivity index (χ4v) is 1.61. The summed E-state index contributed by atoms with van der Waals surface area (Å²) in [7, 11) is 3.11. The van der Waals surface area contributed by atoms with E-state index in [1.54, 1.807) is 7.11 Å². The van der Waals surface area contributed by atoms with Crippen LogP contribution in [0.1, 0.15) is 0 Å². The summed E-state index contributed by atoms with van der Waals surface area (Å²) in [6.45, 7) is 0. The van der Waals surface area contributed by atoms with Crippen molar-refractivity contribution < 1.29 is 14.3 Å². The summed E-state index contributed by atoms with van der Waals surface area (Å²) >= 11 is 0. The molecule has 78 valence electrons. The Morgan fingerprint density at radius 1 is 1.40 bits per heavy atom. The molecule has 1 atom stereocenters. The molecule has 0 saturated heterocycles. The minimum absolute atomic E-state index is 0.271. The van der Waals surface area contributed by atoms with E-state index in [0.717, 1.165) is 5.57 Å². The number of carbonyl (C=O) groups is 1. The van der Waals surface area contributed by atoms with E-state index in [0.29, 0.717) is 11.5 Å². The molecule has 0 aromatic carbocycles. The zero-order valence-electron chi connectivity index (χ0n) is 8.56. The third kappa shape index (κ3) is 1.64. The van der Waals surface area contributed by atoms with Crippen molar-refractivity contribution in [2.24, 2.45) is 4.99 Å². The van der Waals surface area contributed by atoms with E-state index in [1.807, 2.05) is 18.2 Å². The third-order valence-electron chi connectivity index (χ3n) is 2.32. The van der Waals surface area contributed by atoms with Gasteiger partial charge < -0.3 is 9.47 Å². The molecule has 4 nitrogen and oxygen atoms in total. The van der Waals surface area contributed by atoms with E-state index in [4.69, 9.17) is 9.47 Å².